The maximum absolute atomic E-state index is 14.4. The maximum atomic E-state index is 14.4. The molecule has 1 aromatic carbocycles. The number of nitrogens with two attached hydrogens (primary N) is 1. The molecule has 2 aromatic rings. The number of carbonyl (C=O) groups excluding carboxylic acids is 5. The Morgan fingerprint density at radius 2 is 1.62 bits per heavy atom. The fraction of sp³-hybridized carbons (Fsp3) is 0.659. The van der Waals surface area contributed by atoms with E-state index in [1.165, 1.54) is 12.0 Å². The van der Waals surface area contributed by atoms with Gasteiger partial charge < -0.3 is 40.2 Å². The van der Waals surface area contributed by atoms with E-state index in [0.29, 0.717) is 29.9 Å². The monoisotopic (exact) mass is 860 g/mol. The molecule has 4 fully saturated rings. The molecule has 18 nitrogen and oxygen atoms in total. The van der Waals surface area contributed by atoms with Crippen molar-refractivity contribution in [2.45, 2.75) is 135 Å². The Morgan fingerprint density at radius 1 is 0.983 bits per heavy atom. The highest BCUT2D eigenvalue weighted by Gasteiger charge is 2.61. The van der Waals surface area contributed by atoms with Gasteiger partial charge in [-0.15, -0.1) is 0 Å². The summed E-state index contributed by atoms with van der Waals surface area (Å²) >= 11 is 0. The average molecular weight is 861 g/mol. The summed E-state index contributed by atoms with van der Waals surface area (Å²) in [5, 5.41) is 6.94. The Bertz CT molecular complexity index is 2120. The molecule has 6 rings (SSSR count). The van der Waals surface area contributed by atoms with E-state index >= 15 is 0 Å². The smallest absolute Gasteiger partial charge is 0.408 e. The van der Waals surface area contributed by atoms with Crippen LogP contribution in [0.2, 0.25) is 0 Å². The molecule has 332 valence electrons. The molecule has 0 unspecified atom stereocenters. The number of hydrogen-bond donors (Lipinski definition) is 4. The highest BCUT2D eigenvalue weighted by Crippen LogP contribution is 2.45. The van der Waals surface area contributed by atoms with Crippen molar-refractivity contribution in [3.8, 4) is 11.6 Å². The molecular formula is C41H60N6O12S. The summed E-state index contributed by atoms with van der Waals surface area (Å²) in [7, 11) is -1.51. The lowest BCUT2D eigenvalue weighted by Gasteiger charge is -2.36. The molecule has 4 aliphatic rings. The molecule has 4 amide bonds. The summed E-state index contributed by atoms with van der Waals surface area (Å²) in [5.41, 5.74) is 0.877. The normalized spacial score (nSPS) is 27.0. The minimum absolute atomic E-state index is 0.0148. The summed E-state index contributed by atoms with van der Waals surface area (Å²) in [6, 6.07) is 4.94. The van der Waals surface area contributed by atoms with E-state index in [1.807, 2.05) is 17.7 Å². The molecule has 1 saturated heterocycles. The van der Waals surface area contributed by atoms with Gasteiger partial charge in [0.1, 0.15) is 40.6 Å². The lowest BCUT2D eigenvalue weighted by atomic mass is 9.85. The molecule has 0 radical (unpaired) electrons. The third kappa shape index (κ3) is 10.8. The summed E-state index contributed by atoms with van der Waals surface area (Å²) in [4.78, 5) is 71.4. The lowest BCUT2D eigenvalue weighted by molar-refractivity contribution is -0.143. The first kappa shape index (κ1) is 46.3. The van der Waals surface area contributed by atoms with Crippen LogP contribution in [0.4, 0.5) is 4.79 Å². The van der Waals surface area contributed by atoms with Crippen molar-refractivity contribution in [2.75, 3.05) is 20.8 Å². The molecule has 3 saturated carbocycles. The fourth-order valence-electron chi connectivity index (χ4n) is 7.07. The number of amides is 4. The molecular weight excluding hydrogens is 801 g/mol. The first-order valence-electron chi connectivity index (χ1n) is 20.0. The van der Waals surface area contributed by atoms with Crippen LogP contribution >= 0.6 is 0 Å². The standard InChI is InChI=1S/C35H49N5O10S.C6H11NO2/c1-20-18-35(20,30(43)39-51(45,46)50-34(8)13-14-34)38-27(41)25-17-23(48-28-24-11-10-22(47-9)16-21(24)12-15-36-28)19-40(25)29(42)26(32(2,3)4)37-31(44)49-33(5,6)7;1-4-3-6(4,7)5(8)9-2/h10-12,15-16,20,23,25-26H,13-14,17-19H2,1-9H3,(H,37,44)(H,38,41)(H,39,43);4H,3,7H2,1-2H3/t20-,23-,25+,26-,35-;4-,6-/m11/s1. The fourth-order valence-corrected chi connectivity index (χ4v) is 8.22. The van der Waals surface area contributed by atoms with Crippen molar-refractivity contribution in [3.63, 3.8) is 0 Å². The van der Waals surface area contributed by atoms with Crippen LogP contribution in [0.5, 0.6) is 11.6 Å². The summed E-state index contributed by atoms with van der Waals surface area (Å²) in [5.74, 6) is -1.63. The number of ether oxygens (including phenoxy) is 4. The maximum Gasteiger partial charge on any atom is 0.408 e. The second-order valence-electron chi connectivity index (χ2n) is 18.8. The van der Waals surface area contributed by atoms with Gasteiger partial charge in [-0.1, -0.05) is 34.6 Å². The minimum Gasteiger partial charge on any atom is -0.497 e. The third-order valence-electron chi connectivity index (χ3n) is 11.3. The molecule has 3 aliphatic carbocycles. The summed E-state index contributed by atoms with van der Waals surface area (Å²) in [6.07, 6.45) is 2.09. The Balaban J connectivity index is 0.000000671. The highest BCUT2D eigenvalue weighted by atomic mass is 32.2. The summed E-state index contributed by atoms with van der Waals surface area (Å²) in [6.45, 7) is 15.7. The van der Waals surface area contributed by atoms with Gasteiger partial charge in [0.05, 0.1) is 26.4 Å². The van der Waals surface area contributed by atoms with Crippen molar-refractivity contribution in [2.24, 2.45) is 23.0 Å². The quantitative estimate of drug-likeness (QED) is 0.224. The van der Waals surface area contributed by atoms with Gasteiger partial charge in [-0.25, -0.2) is 18.7 Å². The van der Waals surface area contributed by atoms with E-state index < -0.39 is 85.9 Å². The van der Waals surface area contributed by atoms with Crippen molar-refractivity contribution >= 4 is 50.9 Å². The van der Waals surface area contributed by atoms with E-state index in [2.05, 4.69) is 20.4 Å². The number of rotatable bonds is 12. The SMILES string of the molecule is COC(=O)[C@@]1(N)C[C@H]1C.COc1ccc2c(O[C@@H]3C[C@@H](C(=O)N[C@]4(C(=O)NS(=O)(=O)OC5(C)CC5)C[C@H]4C)N(C(=O)[C@@H](NC(=O)OC(C)(C)C)C(C)(C)C)C3)nccc2c1. The van der Waals surface area contributed by atoms with Crippen LogP contribution in [0.25, 0.3) is 10.8 Å². The zero-order valence-electron chi connectivity index (χ0n) is 36.3. The Morgan fingerprint density at radius 3 is 2.12 bits per heavy atom. The second kappa shape index (κ2) is 16.6. The van der Waals surface area contributed by atoms with Crippen LogP contribution < -0.4 is 30.6 Å². The Kier molecular flexibility index (Phi) is 12.8. The molecule has 60 heavy (non-hydrogen) atoms. The molecule has 19 heteroatoms. The zero-order chi connectivity index (χ0) is 44.8. The van der Waals surface area contributed by atoms with Crippen molar-refractivity contribution in [1.29, 1.82) is 0 Å². The number of benzene rings is 1. The molecule has 1 aromatic heterocycles. The van der Waals surface area contributed by atoms with Crippen molar-refractivity contribution in [1.82, 2.24) is 25.2 Å². The Hall–Kier alpha value is -4.75. The number of methoxy groups -OCH3 is 2. The largest absolute Gasteiger partial charge is 0.497 e. The van der Waals surface area contributed by atoms with Gasteiger partial charge in [-0.05, 0) is 100 Å². The van der Waals surface area contributed by atoms with Crippen LogP contribution in [0.3, 0.4) is 0 Å². The van der Waals surface area contributed by atoms with Gasteiger partial charge in [-0.2, -0.15) is 8.42 Å². The number of esters is 1. The number of hydrogen-bond acceptors (Lipinski definition) is 14. The van der Waals surface area contributed by atoms with Gasteiger partial charge in [0.15, 0.2) is 0 Å². The average Bonchev–Trinajstić information content (AvgIpc) is 4.08. The van der Waals surface area contributed by atoms with E-state index in [9.17, 15) is 32.4 Å². The molecule has 7 atom stereocenters. The highest BCUT2D eigenvalue weighted by molar-refractivity contribution is 7.85. The van der Waals surface area contributed by atoms with E-state index in [4.69, 9.17) is 24.1 Å². The van der Waals surface area contributed by atoms with Gasteiger partial charge in [0, 0.05) is 18.0 Å². The van der Waals surface area contributed by atoms with Crippen molar-refractivity contribution < 1.29 is 55.5 Å². The summed E-state index contributed by atoms with van der Waals surface area (Å²) < 4.78 is 54.1. The van der Waals surface area contributed by atoms with Crippen LogP contribution in [-0.4, -0.2) is 109 Å². The molecule has 0 bridgehead atoms. The number of pyridine rings is 1. The molecule has 2 heterocycles. The van der Waals surface area contributed by atoms with Crippen LogP contribution in [0.1, 0.15) is 94.4 Å². The van der Waals surface area contributed by atoms with Crippen LogP contribution in [0, 0.1) is 17.3 Å². The second-order valence-corrected chi connectivity index (χ2v) is 20.0. The van der Waals surface area contributed by atoms with Gasteiger partial charge in [0.2, 0.25) is 17.7 Å². The lowest BCUT2D eigenvalue weighted by Crippen LogP contribution is -2.60. The molecule has 5 N–H and O–H groups in total. The Labute approximate surface area is 351 Å². The number of nitrogens with one attached hydrogen (secondary N) is 3. The van der Waals surface area contributed by atoms with E-state index in [0.717, 1.165) is 11.8 Å². The first-order valence-corrected chi connectivity index (χ1v) is 21.4. The van der Waals surface area contributed by atoms with Gasteiger partial charge in [0.25, 0.3) is 5.91 Å². The topological polar surface area (TPSA) is 244 Å². The van der Waals surface area contributed by atoms with E-state index in [-0.39, 0.29) is 31.2 Å². The van der Waals surface area contributed by atoms with Crippen molar-refractivity contribution in [3.05, 3.63) is 30.5 Å². The number of carbonyl (C=O) groups is 5. The predicted octanol–water partition coefficient (Wildman–Crippen LogP) is 3.25. The van der Waals surface area contributed by atoms with E-state index in [1.54, 1.807) is 86.9 Å². The minimum atomic E-state index is -4.44. The zero-order valence-corrected chi connectivity index (χ0v) is 37.1. The van der Waals surface area contributed by atoms with Gasteiger partial charge >= 0.3 is 22.4 Å². The third-order valence-corrected chi connectivity index (χ3v) is 12.4. The number of likely N-dealkylation sites (tertiary alicyclic amines) is 1. The predicted molar refractivity (Wildman–Crippen MR) is 219 cm³/mol. The number of alkyl carbamates (subject to hydrolysis) is 1. The number of nitrogens with zero attached hydrogens (tertiary/aromatic N) is 2. The van der Waals surface area contributed by atoms with Crippen LogP contribution in [0.15, 0.2) is 30.5 Å². The number of fused-ring (bicyclic) bond motifs is 1. The van der Waals surface area contributed by atoms with Gasteiger partial charge in [-0.3, -0.25) is 19.2 Å². The molecule has 1 aliphatic heterocycles. The first-order chi connectivity index (χ1) is 27.7. The molecule has 0 spiro atoms. The van der Waals surface area contributed by atoms with Crippen LogP contribution in [-0.2, 0) is 43.1 Å². The number of aromatic nitrogens is 1.